The van der Waals surface area contributed by atoms with Gasteiger partial charge in [-0.15, -0.1) is 0 Å². The second-order valence-corrected chi connectivity index (χ2v) is 6.21. The van der Waals surface area contributed by atoms with Crippen LogP contribution in [0.3, 0.4) is 0 Å². The van der Waals surface area contributed by atoms with Crippen molar-refractivity contribution in [2.45, 2.75) is 25.8 Å². The first-order valence-corrected chi connectivity index (χ1v) is 8.17. The highest BCUT2D eigenvalue weighted by Gasteiger charge is 2.30. The van der Waals surface area contributed by atoms with Gasteiger partial charge in [0.2, 0.25) is 5.91 Å². The summed E-state index contributed by atoms with van der Waals surface area (Å²) in [7, 11) is 1.68. The average Bonchev–Trinajstić information content (AvgIpc) is 3.04. The number of para-hydroxylation sites is 1. The van der Waals surface area contributed by atoms with E-state index in [0.29, 0.717) is 0 Å². The Hall–Kier alpha value is -2.14. The van der Waals surface area contributed by atoms with Crippen LogP contribution in [0.15, 0.2) is 30.5 Å². The molecule has 1 aromatic heterocycles. The summed E-state index contributed by atoms with van der Waals surface area (Å²) in [6.07, 6.45) is 3.43. The van der Waals surface area contributed by atoms with Gasteiger partial charge in [-0.1, -0.05) is 18.2 Å². The van der Waals surface area contributed by atoms with Gasteiger partial charge in [0.15, 0.2) is 5.78 Å². The van der Waals surface area contributed by atoms with Gasteiger partial charge in [-0.3, -0.25) is 14.5 Å². The topological polar surface area (TPSA) is 65.2 Å². The van der Waals surface area contributed by atoms with Gasteiger partial charge in [-0.05, 0) is 38.9 Å². The van der Waals surface area contributed by atoms with Crippen molar-refractivity contribution >= 4 is 22.6 Å². The molecule has 1 saturated heterocycles. The van der Waals surface area contributed by atoms with Crippen LogP contribution in [0, 0.1) is 5.92 Å². The number of aromatic amines is 1. The van der Waals surface area contributed by atoms with Crippen LogP contribution in [0.2, 0.25) is 0 Å². The summed E-state index contributed by atoms with van der Waals surface area (Å²) >= 11 is 0. The number of hydrogen-bond acceptors (Lipinski definition) is 3. The minimum atomic E-state index is -0.167. The molecule has 5 nitrogen and oxygen atoms in total. The molecule has 0 bridgehead atoms. The zero-order chi connectivity index (χ0) is 16.4. The summed E-state index contributed by atoms with van der Waals surface area (Å²) in [4.78, 5) is 29.9. The van der Waals surface area contributed by atoms with Crippen LogP contribution in [0.25, 0.3) is 10.9 Å². The monoisotopic (exact) mass is 313 g/mol. The van der Waals surface area contributed by atoms with Gasteiger partial charge >= 0.3 is 0 Å². The van der Waals surface area contributed by atoms with Gasteiger partial charge in [0.25, 0.3) is 0 Å². The van der Waals surface area contributed by atoms with Crippen LogP contribution in [-0.4, -0.2) is 47.8 Å². The molecule has 23 heavy (non-hydrogen) atoms. The van der Waals surface area contributed by atoms with Crippen LogP contribution < -0.4 is 5.32 Å². The van der Waals surface area contributed by atoms with E-state index in [9.17, 15) is 9.59 Å². The van der Waals surface area contributed by atoms with Gasteiger partial charge in [-0.25, -0.2) is 0 Å². The number of ketones is 1. The Bertz CT molecular complexity index is 714. The normalized spacial score (nSPS) is 18.0. The van der Waals surface area contributed by atoms with Crippen LogP contribution in [0.5, 0.6) is 0 Å². The van der Waals surface area contributed by atoms with E-state index in [1.54, 1.807) is 13.2 Å². The molecule has 0 saturated carbocycles. The number of fused-ring (bicyclic) bond motifs is 1. The van der Waals surface area contributed by atoms with E-state index < -0.39 is 0 Å². The molecule has 5 heteroatoms. The van der Waals surface area contributed by atoms with Crippen molar-refractivity contribution in [2.75, 3.05) is 20.1 Å². The molecule has 2 aromatic rings. The Balaban J connectivity index is 1.70. The molecule has 2 heterocycles. The number of amides is 1. The van der Waals surface area contributed by atoms with Crippen LogP contribution >= 0.6 is 0 Å². The van der Waals surface area contributed by atoms with Crippen LogP contribution in [-0.2, 0) is 4.79 Å². The van der Waals surface area contributed by atoms with Crippen molar-refractivity contribution in [1.29, 1.82) is 0 Å². The van der Waals surface area contributed by atoms with Gasteiger partial charge in [0.1, 0.15) is 0 Å². The first-order valence-electron chi connectivity index (χ1n) is 8.17. The lowest BCUT2D eigenvalue weighted by molar-refractivity contribution is -0.126. The molecule has 0 spiro atoms. The Morgan fingerprint density at radius 2 is 1.96 bits per heavy atom. The Kier molecular flexibility index (Phi) is 4.48. The molecule has 0 aliphatic carbocycles. The number of aromatic nitrogens is 1. The Labute approximate surface area is 136 Å². The average molecular weight is 313 g/mol. The number of carbonyl (C=O) groups is 2. The Morgan fingerprint density at radius 3 is 2.65 bits per heavy atom. The lowest BCUT2D eigenvalue weighted by Crippen LogP contribution is -2.46. The van der Waals surface area contributed by atoms with E-state index >= 15 is 0 Å². The molecule has 1 fully saturated rings. The smallest absolute Gasteiger partial charge is 0.222 e. The molecule has 1 atom stereocenters. The van der Waals surface area contributed by atoms with Gasteiger partial charge < -0.3 is 10.3 Å². The highest BCUT2D eigenvalue weighted by Crippen LogP contribution is 2.24. The van der Waals surface area contributed by atoms with Crippen LogP contribution in [0.1, 0.15) is 30.1 Å². The summed E-state index contributed by atoms with van der Waals surface area (Å²) < 4.78 is 0. The van der Waals surface area contributed by atoms with Crippen molar-refractivity contribution in [3.8, 4) is 0 Å². The van der Waals surface area contributed by atoms with E-state index in [2.05, 4.69) is 15.2 Å². The number of H-pyrrole nitrogens is 1. The first-order chi connectivity index (χ1) is 11.1. The number of rotatable bonds is 4. The number of nitrogens with one attached hydrogen (secondary N) is 2. The van der Waals surface area contributed by atoms with E-state index in [-0.39, 0.29) is 23.7 Å². The fourth-order valence-corrected chi connectivity index (χ4v) is 3.42. The minimum absolute atomic E-state index is 0.0756. The molecular formula is C18H23N3O2. The van der Waals surface area contributed by atoms with Gasteiger partial charge in [0.05, 0.1) is 6.04 Å². The first kappa shape index (κ1) is 15.7. The summed E-state index contributed by atoms with van der Waals surface area (Å²) in [6.45, 7) is 3.53. The third-order valence-corrected chi connectivity index (χ3v) is 4.93. The standard InChI is InChI=1S/C18H23N3O2/c1-12(21-9-7-13(8-10-21)18(23)19-2)17(22)15-11-20-16-6-4-3-5-14(15)16/h3-6,11-13,20H,7-10H2,1-2H3,(H,19,23)/t12-/m0/s1. The third-order valence-electron chi connectivity index (χ3n) is 4.93. The molecule has 1 aliphatic heterocycles. The van der Waals surface area contributed by atoms with Crippen LogP contribution in [0.4, 0.5) is 0 Å². The minimum Gasteiger partial charge on any atom is -0.360 e. The number of likely N-dealkylation sites (tertiary alicyclic amines) is 1. The second-order valence-electron chi connectivity index (χ2n) is 6.21. The molecule has 2 N–H and O–H groups in total. The van der Waals surface area contributed by atoms with E-state index in [1.807, 2.05) is 31.2 Å². The number of carbonyl (C=O) groups excluding carboxylic acids is 2. The largest absolute Gasteiger partial charge is 0.360 e. The highest BCUT2D eigenvalue weighted by molar-refractivity contribution is 6.10. The molecule has 3 rings (SSSR count). The maximum atomic E-state index is 12.8. The van der Waals surface area contributed by atoms with Gasteiger partial charge in [0, 0.05) is 35.6 Å². The number of piperidine rings is 1. The number of benzene rings is 1. The SMILES string of the molecule is CNC(=O)C1CCN([C@@H](C)C(=O)c2c[nH]c3ccccc23)CC1. The van der Waals surface area contributed by atoms with Crippen molar-refractivity contribution in [3.05, 3.63) is 36.0 Å². The van der Waals surface area contributed by atoms with Crippen molar-refractivity contribution in [2.24, 2.45) is 5.92 Å². The van der Waals surface area contributed by atoms with Crippen molar-refractivity contribution < 1.29 is 9.59 Å². The number of hydrogen-bond donors (Lipinski definition) is 2. The zero-order valence-electron chi connectivity index (χ0n) is 13.6. The number of Topliss-reactive ketones (excluding diaryl/α,β-unsaturated/α-hetero) is 1. The lowest BCUT2D eigenvalue weighted by Gasteiger charge is -2.34. The fraction of sp³-hybridized carbons (Fsp3) is 0.444. The highest BCUT2D eigenvalue weighted by atomic mass is 16.1. The van der Waals surface area contributed by atoms with Crippen molar-refractivity contribution in [3.63, 3.8) is 0 Å². The third kappa shape index (κ3) is 3.01. The second kappa shape index (κ2) is 6.54. The molecule has 0 unspecified atom stereocenters. The molecule has 122 valence electrons. The van der Waals surface area contributed by atoms with Gasteiger partial charge in [-0.2, -0.15) is 0 Å². The predicted octanol–water partition coefficient (Wildman–Crippen LogP) is 2.20. The van der Waals surface area contributed by atoms with E-state index in [0.717, 1.165) is 42.4 Å². The van der Waals surface area contributed by atoms with E-state index in [1.165, 1.54) is 0 Å². The summed E-state index contributed by atoms with van der Waals surface area (Å²) in [5.74, 6) is 0.327. The summed E-state index contributed by atoms with van der Waals surface area (Å²) in [5, 5.41) is 3.69. The molecule has 0 radical (unpaired) electrons. The molecular weight excluding hydrogens is 290 g/mol. The zero-order valence-corrected chi connectivity index (χ0v) is 13.6. The molecule has 1 aliphatic rings. The predicted molar refractivity (Wildman–Crippen MR) is 90.5 cm³/mol. The van der Waals surface area contributed by atoms with E-state index in [4.69, 9.17) is 0 Å². The maximum absolute atomic E-state index is 12.8. The molecule has 1 amide bonds. The molecule has 1 aromatic carbocycles. The number of nitrogens with zero attached hydrogens (tertiary/aromatic N) is 1. The maximum Gasteiger partial charge on any atom is 0.222 e. The lowest BCUT2D eigenvalue weighted by atomic mass is 9.93. The van der Waals surface area contributed by atoms with Crippen molar-refractivity contribution in [1.82, 2.24) is 15.2 Å². The quantitative estimate of drug-likeness (QED) is 0.851. The summed E-state index contributed by atoms with van der Waals surface area (Å²) in [5.41, 5.74) is 1.74. The Morgan fingerprint density at radius 1 is 1.26 bits per heavy atom. The summed E-state index contributed by atoms with van der Waals surface area (Å²) in [6, 6.07) is 7.70. The fourth-order valence-electron chi connectivity index (χ4n) is 3.42.